The summed E-state index contributed by atoms with van der Waals surface area (Å²) in [5.74, 6) is 0.692. The molecule has 0 spiro atoms. The van der Waals surface area contributed by atoms with E-state index in [1.165, 1.54) is 19.3 Å². The van der Waals surface area contributed by atoms with E-state index in [1.54, 1.807) is 11.9 Å². The van der Waals surface area contributed by atoms with Crippen LogP contribution in [0.2, 0.25) is 0 Å². The standard InChI is InChI=1S/C16H28N4O/c1-19(14(10-17)13-6-7-13)11-15(21)20(2)16(12-18)8-4-3-5-9-16/h13-14H,3-11,17H2,1-2H3. The zero-order valence-corrected chi connectivity index (χ0v) is 13.3. The molecule has 2 N–H and O–H groups in total. The van der Waals surface area contributed by atoms with Crippen LogP contribution >= 0.6 is 0 Å². The van der Waals surface area contributed by atoms with E-state index in [0.717, 1.165) is 25.7 Å². The van der Waals surface area contributed by atoms with Crippen molar-refractivity contribution in [1.29, 1.82) is 5.26 Å². The van der Waals surface area contributed by atoms with Gasteiger partial charge in [-0.3, -0.25) is 9.69 Å². The summed E-state index contributed by atoms with van der Waals surface area (Å²) < 4.78 is 0. The van der Waals surface area contributed by atoms with Gasteiger partial charge in [0.2, 0.25) is 5.91 Å². The van der Waals surface area contributed by atoms with Gasteiger partial charge >= 0.3 is 0 Å². The molecule has 1 atom stereocenters. The normalized spacial score (nSPS) is 22.6. The van der Waals surface area contributed by atoms with Crippen LogP contribution in [0.5, 0.6) is 0 Å². The van der Waals surface area contributed by atoms with Crippen molar-refractivity contribution in [2.45, 2.75) is 56.5 Å². The van der Waals surface area contributed by atoms with Crippen molar-refractivity contribution < 1.29 is 4.79 Å². The fraction of sp³-hybridized carbons (Fsp3) is 0.875. The van der Waals surface area contributed by atoms with Crippen LogP contribution in [0.15, 0.2) is 0 Å². The number of nitrogens with zero attached hydrogens (tertiary/aromatic N) is 3. The molecule has 1 amide bonds. The van der Waals surface area contributed by atoms with Crippen molar-refractivity contribution in [2.24, 2.45) is 11.7 Å². The Morgan fingerprint density at radius 3 is 2.43 bits per heavy atom. The molecule has 0 heterocycles. The number of rotatable bonds is 6. The zero-order chi connectivity index (χ0) is 15.5. The van der Waals surface area contributed by atoms with Crippen molar-refractivity contribution in [2.75, 3.05) is 27.2 Å². The molecule has 0 bridgehead atoms. The minimum absolute atomic E-state index is 0.0417. The summed E-state index contributed by atoms with van der Waals surface area (Å²) >= 11 is 0. The molecule has 2 rings (SSSR count). The number of nitriles is 1. The van der Waals surface area contributed by atoms with Crippen LogP contribution in [-0.4, -0.2) is 54.5 Å². The molecule has 0 aliphatic heterocycles. The van der Waals surface area contributed by atoms with Crippen LogP contribution in [0.3, 0.4) is 0 Å². The number of carbonyl (C=O) groups excluding carboxylic acids is 1. The Bertz CT molecular complexity index is 407. The molecule has 0 aromatic carbocycles. The van der Waals surface area contributed by atoms with Gasteiger partial charge in [0.1, 0.15) is 5.54 Å². The molecule has 2 aliphatic rings. The van der Waals surface area contributed by atoms with E-state index in [0.29, 0.717) is 25.0 Å². The van der Waals surface area contributed by atoms with Crippen LogP contribution < -0.4 is 5.73 Å². The highest BCUT2D eigenvalue weighted by Crippen LogP contribution is 2.35. The van der Waals surface area contributed by atoms with Crippen molar-refractivity contribution in [3.63, 3.8) is 0 Å². The number of carbonyl (C=O) groups is 1. The molecule has 2 aliphatic carbocycles. The van der Waals surface area contributed by atoms with Crippen LogP contribution in [0, 0.1) is 17.2 Å². The highest BCUT2D eigenvalue weighted by atomic mass is 16.2. The lowest BCUT2D eigenvalue weighted by molar-refractivity contribution is -0.136. The number of hydrogen-bond donors (Lipinski definition) is 1. The Kier molecular flexibility index (Phi) is 5.23. The first-order valence-electron chi connectivity index (χ1n) is 8.12. The Balaban J connectivity index is 1.96. The molecule has 21 heavy (non-hydrogen) atoms. The van der Waals surface area contributed by atoms with Crippen LogP contribution in [0.1, 0.15) is 44.9 Å². The first-order valence-corrected chi connectivity index (χ1v) is 8.12. The minimum atomic E-state index is -0.589. The third-order valence-corrected chi connectivity index (χ3v) is 5.26. The fourth-order valence-corrected chi connectivity index (χ4v) is 3.55. The second-order valence-electron chi connectivity index (χ2n) is 6.71. The first kappa shape index (κ1) is 16.3. The summed E-state index contributed by atoms with van der Waals surface area (Å²) in [6.07, 6.45) is 7.29. The molecule has 5 heteroatoms. The molecule has 0 aromatic rings. The van der Waals surface area contributed by atoms with Crippen molar-refractivity contribution in [3.05, 3.63) is 0 Å². The van der Waals surface area contributed by atoms with Gasteiger partial charge in [0.25, 0.3) is 0 Å². The summed E-state index contributed by atoms with van der Waals surface area (Å²) in [4.78, 5) is 16.3. The van der Waals surface area contributed by atoms with Gasteiger partial charge in [-0.25, -0.2) is 0 Å². The zero-order valence-electron chi connectivity index (χ0n) is 13.3. The molecule has 5 nitrogen and oxygen atoms in total. The summed E-state index contributed by atoms with van der Waals surface area (Å²) in [6.45, 7) is 0.958. The van der Waals surface area contributed by atoms with Crippen molar-refractivity contribution in [3.8, 4) is 6.07 Å². The Labute approximate surface area is 128 Å². The summed E-state index contributed by atoms with van der Waals surface area (Å²) in [5, 5.41) is 9.57. The largest absolute Gasteiger partial charge is 0.329 e. The molecule has 2 fully saturated rings. The van der Waals surface area contributed by atoms with E-state index < -0.39 is 5.54 Å². The van der Waals surface area contributed by atoms with Gasteiger partial charge in [-0.05, 0) is 38.6 Å². The van der Waals surface area contributed by atoms with Gasteiger partial charge in [-0.2, -0.15) is 5.26 Å². The topological polar surface area (TPSA) is 73.4 Å². The lowest BCUT2D eigenvalue weighted by atomic mass is 9.81. The summed E-state index contributed by atoms with van der Waals surface area (Å²) in [5.41, 5.74) is 5.25. The average molecular weight is 292 g/mol. The van der Waals surface area contributed by atoms with Crippen LogP contribution in [0.25, 0.3) is 0 Å². The molecule has 0 radical (unpaired) electrons. The molecule has 2 saturated carbocycles. The fourth-order valence-electron chi connectivity index (χ4n) is 3.55. The highest BCUT2D eigenvalue weighted by Gasteiger charge is 2.40. The van der Waals surface area contributed by atoms with Gasteiger partial charge in [0.05, 0.1) is 12.6 Å². The molecule has 118 valence electrons. The van der Waals surface area contributed by atoms with Gasteiger partial charge in [0.15, 0.2) is 0 Å². The lowest BCUT2D eigenvalue weighted by Gasteiger charge is -2.40. The van der Waals surface area contributed by atoms with E-state index in [1.807, 2.05) is 7.05 Å². The molecular weight excluding hydrogens is 264 g/mol. The predicted molar refractivity (Wildman–Crippen MR) is 82.4 cm³/mol. The van der Waals surface area contributed by atoms with E-state index >= 15 is 0 Å². The third kappa shape index (κ3) is 3.56. The molecule has 0 aromatic heterocycles. The second-order valence-corrected chi connectivity index (χ2v) is 6.71. The highest BCUT2D eigenvalue weighted by molar-refractivity contribution is 5.79. The summed E-state index contributed by atoms with van der Waals surface area (Å²) in [7, 11) is 3.76. The Hall–Kier alpha value is -1.12. The van der Waals surface area contributed by atoms with E-state index in [2.05, 4.69) is 11.0 Å². The van der Waals surface area contributed by atoms with Crippen molar-refractivity contribution in [1.82, 2.24) is 9.80 Å². The molecule has 0 saturated heterocycles. The smallest absolute Gasteiger partial charge is 0.237 e. The maximum absolute atomic E-state index is 12.6. The van der Waals surface area contributed by atoms with Gasteiger partial charge in [-0.15, -0.1) is 0 Å². The average Bonchev–Trinajstić information content (AvgIpc) is 3.32. The molecular formula is C16H28N4O. The quantitative estimate of drug-likeness (QED) is 0.802. The van der Waals surface area contributed by atoms with E-state index in [4.69, 9.17) is 5.73 Å². The Morgan fingerprint density at radius 2 is 1.95 bits per heavy atom. The maximum atomic E-state index is 12.6. The lowest BCUT2D eigenvalue weighted by Crippen LogP contribution is -2.53. The van der Waals surface area contributed by atoms with E-state index in [9.17, 15) is 10.1 Å². The first-order chi connectivity index (χ1) is 10.0. The minimum Gasteiger partial charge on any atom is -0.329 e. The van der Waals surface area contributed by atoms with Crippen molar-refractivity contribution >= 4 is 5.91 Å². The number of hydrogen-bond acceptors (Lipinski definition) is 4. The van der Waals surface area contributed by atoms with Gasteiger partial charge < -0.3 is 10.6 Å². The predicted octanol–water partition coefficient (Wildman–Crippen LogP) is 1.34. The summed E-state index contributed by atoms with van der Waals surface area (Å²) in [6, 6.07) is 2.71. The maximum Gasteiger partial charge on any atom is 0.237 e. The number of likely N-dealkylation sites (N-methyl/N-ethyl adjacent to an activating group) is 2. The van der Waals surface area contributed by atoms with Crippen LogP contribution in [-0.2, 0) is 4.79 Å². The SMILES string of the molecule is CN(CC(=O)N(C)C1(C#N)CCCCC1)C(CN)C1CC1. The Morgan fingerprint density at radius 1 is 1.33 bits per heavy atom. The monoisotopic (exact) mass is 292 g/mol. The van der Waals surface area contributed by atoms with Gasteiger partial charge in [0, 0.05) is 19.6 Å². The second kappa shape index (κ2) is 6.76. The van der Waals surface area contributed by atoms with E-state index in [-0.39, 0.29) is 5.91 Å². The number of amides is 1. The number of nitrogens with two attached hydrogens (primary N) is 1. The van der Waals surface area contributed by atoms with Crippen LogP contribution in [0.4, 0.5) is 0 Å². The third-order valence-electron chi connectivity index (χ3n) is 5.26. The van der Waals surface area contributed by atoms with Gasteiger partial charge in [-0.1, -0.05) is 19.3 Å². The molecule has 1 unspecified atom stereocenters.